The van der Waals surface area contributed by atoms with Crippen LogP contribution in [0, 0.1) is 5.92 Å². The smallest absolute Gasteiger partial charge is 0.307 e. The summed E-state index contributed by atoms with van der Waals surface area (Å²) in [5.74, 6) is 0.226. The molecule has 110 valence electrons. The van der Waals surface area contributed by atoms with Gasteiger partial charge in [-0.25, -0.2) is 9.97 Å². The van der Waals surface area contributed by atoms with Crippen molar-refractivity contribution in [3.63, 3.8) is 0 Å². The van der Waals surface area contributed by atoms with Gasteiger partial charge in [-0.15, -0.1) is 0 Å². The largest absolute Gasteiger partial charge is 0.481 e. The molecule has 0 spiro atoms. The van der Waals surface area contributed by atoms with Crippen LogP contribution in [-0.4, -0.2) is 40.1 Å². The molecule has 2 N–H and O–H groups in total. The summed E-state index contributed by atoms with van der Waals surface area (Å²) in [5.41, 5.74) is 1.48. The fourth-order valence-electron chi connectivity index (χ4n) is 2.72. The maximum atomic E-state index is 11.4. The van der Waals surface area contributed by atoms with E-state index >= 15 is 0 Å². The van der Waals surface area contributed by atoms with Gasteiger partial charge in [0.2, 0.25) is 0 Å². The molecule has 0 saturated heterocycles. The second-order valence-corrected chi connectivity index (χ2v) is 5.55. The number of hydrogen-bond acceptors (Lipinski definition) is 4. The van der Waals surface area contributed by atoms with Gasteiger partial charge in [0.1, 0.15) is 11.6 Å². The first kappa shape index (κ1) is 13.6. The van der Waals surface area contributed by atoms with Gasteiger partial charge in [-0.3, -0.25) is 4.79 Å². The third kappa shape index (κ3) is 2.49. The van der Waals surface area contributed by atoms with Gasteiger partial charge in [-0.05, 0) is 25.0 Å². The number of carbonyl (C=O) groups is 1. The zero-order valence-corrected chi connectivity index (χ0v) is 12.1. The van der Waals surface area contributed by atoms with E-state index in [9.17, 15) is 9.90 Å². The molecule has 21 heavy (non-hydrogen) atoms. The van der Waals surface area contributed by atoms with Gasteiger partial charge >= 0.3 is 5.97 Å². The van der Waals surface area contributed by atoms with Gasteiger partial charge in [0, 0.05) is 20.0 Å². The van der Waals surface area contributed by atoms with Crippen molar-refractivity contribution in [2.24, 2.45) is 5.92 Å². The summed E-state index contributed by atoms with van der Waals surface area (Å²) < 4.78 is 0. The number of nitrogens with one attached hydrogen (secondary N) is 1. The van der Waals surface area contributed by atoms with Crippen molar-refractivity contribution in [2.75, 3.05) is 19.0 Å². The van der Waals surface area contributed by atoms with Crippen LogP contribution in [-0.2, 0) is 4.79 Å². The van der Waals surface area contributed by atoms with Gasteiger partial charge in [0.15, 0.2) is 5.65 Å². The van der Waals surface area contributed by atoms with Gasteiger partial charge < -0.3 is 15.0 Å². The zero-order chi connectivity index (χ0) is 15.0. The molecule has 0 fully saturated rings. The Morgan fingerprint density at radius 2 is 2.05 bits per heavy atom. The molecule has 2 unspecified atom stereocenters. The number of carboxylic acids is 1. The molecule has 1 aliphatic rings. The van der Waals surface area contributed by atoms with Crippen LogP contribution in [0.3, 0.4) is 0 Å². The summed E-state index contributed by atoms with van der Waals surface area (Å²) >= 11 is 0. The summed E-state index contributed by atoms with van der Waals surface area (Å²) in [6.07, 6.45) is 5.20. The summed E-state index contributed by atoms with van der Waals surface area (Å²) in [6.45, 7) is 0. The lowest BCUT2D eigenvalue weighted by molar-refractivity contribution is -0.142. The molecule has 6 nitrogen and oxygen atoms in total. The van der Waals surface area contributed by atoms with Gasteiger partial charge in [-0.1, -0.05) is 12.2 Å². The molecule has 3 rings (SSSR count). The summed E-state index contributed by atoms with van der Waals surface area (Å²) in [5, 5.41) is 9.36. The third-order valence-corrected chi connectivity index (χ3v) is 3.91. The summed E-state index contributed by atoms with van der Waals surface area (Å²) in [6, 6.07) is 3.85. The van der Waals surface area contributed by atoms with E-state index in [0.29, 0.717) is 24.3 Å². The van der Waals surface area contributed by atoms with Crippen molar-refractivity contribution in [3.05, 3.63) is 30.1 Å². The van der Waals surface area contributed by atoms with E-state index in [0.717, 1.165) is 11.3 Å². The zero-order valence-electron chi connectivity index (χ0n) is 12.1. The lowest BCUT2D eigenvalue weighted by Gasteiger charge is -2.23. The Hall–Kier alpha value is -2.37. The Bertz CT molecular complexity index is 705. The molecule has 0 bridgehead atoms. The highest BCUT2D eigenvalue weighted by atomic mass is 16.4. The van der Waals surface area contributed by atoms with Gasteiger partial charge in [0.05, 0.1) is 11.4 Å². The van der Waals surface area contributed by atoms with E-state index < -0.39 is 11.9 Å². The normalized spacial score (nSPS) is 21.6. The van der Waals surface area contributed by atoms with E-state index in [1.54, 1.807) is 0 Å². The highest BCUT2D eigenvalue weighted by Gasteiger charge is 2.32. The molecule has 2 aromatic rings. The SMILES string of the molecule is CN(C)c1ccc2[nH]c(C3CC=CCC3C(=O)O)nc2n1. The third-order valence-electron chi connectivity index (χ3n) is 3.91. The standard InChI is InChI=1S/C15H18N4O2/c1-19(2)12-8-7-11-14(17-12)18-13(16-11)9-5-3-4-6-10(9)15(20)21/h3-4,7-10H,5-6H2,1-2H3,(H,20,21)(H,16,17,18). The van der Waals surface area contributed by atoms with E-state index in [1.807, 2.05) is 43.3 Å². The molecule has 0 aliphatic heterocycles. The maximum absolute atomic E-state index is 11.4. The minimum Gasteiger partial charge on any atom is -0.481 e. The fourth-order valence-corrected chi connectivity index (χ4v) is 2.72. The fraction of sp³-hybridized carbons (Fsp3) is 0.400. The maximum Gasteiger partial charge on any atom is 0.307 e. The first-order chi connectivity index (χ1) is 10.1. The highest BCUT2D eigenvalue weighted by molar-refractivity contribution is 5.75. The summed E-state index contributed by atoms with van der Waals surface area (Å²) in [7, 11) is 3.85. The second-order valence-electron chi connectivity index (χ2n) is 5.55. The Morgan fingerprint density at radius 1 is 1.29 bits per heavy atom. The number of nitrogens with zero attached hydrogens (tertiary/aromatic N) is 3. The molecule has 2 heterocycles. The first-order valence-electron chi connectivity index (χ1n) is 6.98. The number of carboxylic acid groups (broad SMARTS) is 1. The van der Waals surface area contributed by atoms with Crippen LogP contribution >= 0.6 is 0 Å². The van der Waals surface area contributed by atoms with E-state index in [4.69, 9.17) is 0 Å². The minimum atomic E-state index is -0.772. The lowest BCUT2D eigenvalue weighted by Crippen LogP contribution is -2.24. The van der Waals surface area contributed by atoms with Gasteiger partial charge in [0.25, 0.3) is 0 Å². The lowest BCUT2D eigenvalue weighted by atomic mass is 9.82. The van der Waals surface area contributed by atoms with E-state index in [-0.39, 0.29) is 5.92 Å². The van der Waals surface area contributed by atoms with Crippen molar-refractivity contribution in [1.82, 2.24) is 15.0 Å². The molecule has 0 radical (unpaired) electrons. The molecule has 6 heteroatoms. The van der Waals surface area contributed by atoms with Crippen molar-refractivity contribution < 1.29 is 9.90 Å². The number of pyridine rings is 1. The van der Waals surface area contributed by atoms with Crippen LogP contribution in [0.5, 0.6) is 0 Å². The molecular formula is C15H18N4O2. The Morgan fingerprint density at radius 3 is 2.76 bits per heavy atom. The monoisotopic (exact) mass is 286 g/mol. The molecule has 0 aromatic carbocycles. The Kier molecular flexibility index (Phi) is 3.37. The van der Waals surface area contributed by atoms with Crippen molar-refractivity contribution in [1.29, 1.82) is 0 Å². The van der Waals surface area contributed by atoms with Crippen LogP contribution < -0.4 is 4.90 Å². The number of anilines is 1. The number of aromatic amines is 1. The van der Waals surface area contributed by atoms with Crippen LogP contribution in [0.25, 0.3) is 11.2 Å². The number of hydrogen-bond donors (Lipinski definition) is 2. The molecule has 2 atom stereocenters. The molecule has 1 aliphatic carbocycles. The number of fused-ring (bicyclic) bond motifs is 1. The summed E-state index contributed by atoms with van der Waals surface area (Å²) in [4.78, 5) is 25.5. The highest BCUT2D eigenvalue weighted by Crippen LogP contribution is 2.34. The number of aromatic nitrogens is 3. The predicted molar refractivity (Wildman–Crippen MR) is 80.5 cm³/mol. The second kappa shape index (κ2) is 5.20. The first-order valence-corrected chi connectivity index (χ1v) is 6.98. The number of aliphatic carboxylic acids is 1. The minimum absolute atomic E-state index is 0.121. The van der Waals surface area contributed by atoms with Crippen molar-refractivity contribution in [3.8, 4) is 0 Å². The number of H-pyrrole nitrogens is 1. The van der Waals surface area contributed by atoms with Crippen molar-refractivity contribution >= 4 is 23.0 Å². The topological polar surface area (TPSA) is 82.1 Å². The average Bonchev–Trinajstić information content (AvgIpc) is 2.89. The van der Waals surface area contributed by atoms with Crippen molar-refractivity contribution in [2.45, 2.75) is 18.8 Å². The predicted octanol–water partition coefficient (Wildman–Crippen LogP) is 2.16. The van der Waals surface area contributed by atoms with Crippen LogP contribution in [0.4, 0.5) is 5.82 Å². The van der Waals surface area contributed by atoms with Crippen LogP contribution in [0.2, 0.25) is 0 Å². The van der Waals surface area contributed by atoms with E-state index in [2.05, 4.69) is 15.0 Å². The molecule has 0 amide bonds. The molecular weight excluding hydrogens is 268 g/mol. The Balaban J connectivity index is 2.00. The van der Waals surface area contributed by atoms with E-state index in [1.165, 1.54) is 0 Å². The van der Waals surface area contributed by atoms with Gasteiger partial charge in [-0.2, -0.15) is 0 Å². The number of rotatable bonds is 3. The molecule has 2 aromatic heterocycles. The number of allylic oxidation sites excluding steroid dienone is 2. The Labute approximate surface area is 122 Å². The number of imidazole rings is 1. The van der Waals surface area contributed by atoms with Crippen LogP contribution in [0.1, 0.15) is 24.6 Å². The molecule has 0 saturated carbocycles. The average molecular weight is 286 g/mol. The van der Waals surface area contributed by atoms with Crippen LogP contribution in [0.15, 0.2) is 24.3 Å². The quantitative estimate of drug-likeness (QED) is 0.845.